The van der Waals surface area contributed by atoms with Gasteiger partial charge in [0.1, 0.15) is 11.5 Å². The Labute approximate surface area is 138 Å². The molecule has 0 saturated carbocycles. The number of ether oxygens (including phenoxy) is 1. The van der Waals surface area contributed by atoms with E-state index in [1.54, 1.807) is 6.20 Å². The van der Waals surface area contributed by atoms with Crippen molar-refractivity contribution < 1.29 is 9.53 Å². The van der Waals surface area contributed by atoms with Gasteiger partial charge in [0.2, 0.25) is 0 Å². The van der Waals surface area contributed by atoms with E-state index < -0.39 is 0 Å². The molecule has 2 N–H and O–H groups in total. The standard InChI is InChI=1S/C16H19N5O3/c1-11-10-21(6-7-24-11)14-4-2-12(8-17-14)9-18-16(23)13-3-5-15(22)20-19-13/h2-5,8,11H,6-7,9-10H2,1H3,(H,18,23)(H,20,22)/t11-/m1/s1. The molecule has 0 unspecified atom stereocenters. The number of aromatic nitrogens is 3. The highest BCUT2D eigenvalue weighted by molar-refractivity contribution is 5.91. The summed E-state index contributed by atoms with van der Waals surface area (Å²) >= 11 is 0. The van der Waals surface area contributed by atoms with Gasteiger partial charge in [-0.3, -0.25) is 9.59 Å². The van der Waals surface area contributed by atoms with Crippen LogP contribution in [0.2, 0.25) is 0 Å². The maximum atomic E-state index is 11.9. The zero-order valence-electron chi connectivity index (χ0n) is 13.4. The quantitative estimate of drug-likeness (QED) is 0.838. The molecule has 1 saturated heterocycles. The van der Waals surface area contributed by atoms with Crippen LogP contribution in [-0.4, -0.2) is 46.9 Å². The van der Waals surface area contributed by atoms with Crippen molar-refractivity contribution in [2.75, 3.05) is 24.6 Å². The number of hydrogen-bond acceptors (Lipinski definition) is 6. The molecule has 1 atom stereocenters. The molecule has 8 heteroatoms. The Bertz CT molecular complexity index is 739. The molecule has 1 aliphatic heterocycles. The van der Waals surface area contributed by atoms with E-state index in [2.05, 4.69) is 25.4 Å². The average Bonchev–Trinajstić information content (AvgIpc) is 2.61. The second-order valence-electron chi connectivity index (χ2n) is 5.64. The van der Waals surface area contributed by atoms with Gasteiger partial charge in [-0.15, -0.1) is 0 Å². The molecule has 24 heavy (non-hydrogen) atoms. The van der Waals surface area contributed by atoms with Crippen molar-refractivity contribution in [2.45, 2.75) is 19.6 Å². The third-order valence-electron chi connectivity index (χ3n) is 3.74. The van der Waals surface area contributed by atoms with Gasteiger partial charge in [-0.2, -0.15) is 5.10 Å². The minimum atomic E-state index is -0.350. The van der Waals surface area contributed by atoms with E-state index in [4.69, 9.17) is 4.74 Å². The van der Waals surface area contributed by atoms with Crippen LogP contribution in [0.25, 0.3) is 0 Å². The molecule has 2 aromatic rings. The number of morpholine rings is 1. The Hall–Kier alpha value is -2.74. The minimum Gasteiger partial charge on any atom is -0.375 e. The number of nitrogens with zero attached hydrogens (tertiary/aromatic N) is 3. The molecule has 0 spiro atoms. The summed E-state index contributed by atoms with van der Waals surface area (Å²) in [5.41, 5.74) is 0.711. The third-order valence-corrected chi connectivity index (χ3v) is 3.74. The molecule has 1 amide bonds. The maximum absolute atomic E-state index is 11.9. The van der Waals surface area contributed by atoms with Gasteiger partial charge in [0.05, 0.1) is 12.7 Å². The highest BCUT2D eigenvalue weighted by Crippen LogP contribution is 2.15. The van der Waals surface area contributed by atoms with E-state index in [1.807, 2.05) is 19.1 Å². The third kappa shape index (κ3) is 3.96. The number of pyridine rings is 1. The van der Waals surface area contributed by atoms with Crippen LogP contribution < -0.4 is 15.8 Å². The Kier molecular flexibility index (Phi) is 4.85. The van der Waals surface area contributed by atoms with Crippen LogP contribution in [0.5, 0.6) is 0 Å². The van der Waals surface area contributed by atoms with E-state index in [1.165, 1.54) is 12.1 Å². The van der Waals surface area contributed by atoms with E-state index in [9.17, 15) is 9.59 Å². The largest absolute Gasteiger partial charge is 0.375 e. The second-order valence-corrected chi connectivity index (χ2v) is 5.64. The van der Waals surface area contributed by atoms with Crippen LogP contribution in [-0.2, 0) is 11.3 Å². The summed E-state index contributed by atoms with van der Waals surface area (Å²) in [4.78, 5) is 29.5. The lowest BCUT2D eigenvalue weighted by Crippen LogP contribution is -2.41. The number of hydrogen-bond donors (Lipinski definition) is 2. The summed E-state index contributed by atoms with van der Waals surface area (Å²) < 4.78 is 5.52. The number of rotatable bonds is 4. The van der Waals surface area contributed by atoms with Gasteiger partial charge in [0.15, 0.2) is 0 Å². The van der Waals surface area contributed by atoms with E-state index in [0.717, 1.165) is 24.5 Å². The molecular weight excluding hydrogens is 310 g/mol. The molecule has 0 aliphatic carbocycles. The number of carbonyl (C=O) groups is 1. The lowest BCUT2D eigenvalue weighted by Gasteiger charge is -2.32. The summed E-state index contributed by atoms with van der Waals surface area (Å²) in [5, 5.41) is 8.66. The number of H-pyrrole nitrogens is 1. The first kappa shape index (κ1) is 16.1. The van der Waals surface area contributed by atoms with Crippen molar-refractivity contribution in [3.63, 3.8) is 0 Å². The van der Waals surface area contributed by atoms with E-state index in [0.29, 0.717) is 13.2 Å². The fraction of sp³-hybridized carbons (Fsp3) is 0.375. The predicted octanol–water partition coefficient (Wildman–Crippen LogP) is 0.320. The molecule has 2 aromatic heterocycles. The van der Waals surface area contributed by atoms with Gasteiger partial charge in [-0.1, -0.05) is 6.07 Å². The minimum absolute atomic E-state index is 0.168. The van der Waals surface area contributed by atoms with Gasteiger partial charge in [-0.05, 0) is 24.6 Å². The molecule has 3 heterocycles. The number of carbonyl (C=O) groups excluding carboxylic acids is 1. The highest BCUT2D eigenvalue weighted by Gasteiger charge is 2.17. The summed E-state index contributed by atoms with van der Waals surface area (Å²) in [6.45, 7) is 4.73. The number of amides is 1. The average molecular weight is 329 g/mol. The molecule has 126 valence electrons. The van der Waals surface area contributed by atoms with Crippen molar-refractivity contribution in [2.24, 2.45) is 0 Å². The second kappa shape index (κ2) is 7.22. The molecule has 0 bridgehead atoms. The lowest BCUT2D eigenvalue weighted by atomic mass is 10.2. The Balaban J connectivity index is 1.57. The molecule has 1 aliphatic rings. The molecule has 0 radical (unpaired) electrons. The summed E-state index contributed by atoms with van der Waals surface area (Å²) in [7, 11) is 0. The van der Waals surface area contributed by atoms with E-state index in [-0.39, 0.29) is 23.3 Å². The first-order valence-electron chi connectivity index (χ1n) is 7.77. The van der Waals surface area contributed by atoms with Gasteiger partial charge < -0.3 is 15.0 Å². The van der Waals surface area contributed by atoms with Crippen molar-refractivity contribution in [1.29, 1.82) is 0 Å². The highest BCUT2D eigenvalue weighted by atomic mass is 16.5. The van der Waals surface area contributed by atoms with Crippen molar-refractivity contribution in [3.05, 3.63) is 52.1 Å². The SMILES string of the molecule is C[C@@H]1CN(c2ccc(CNC(=O)c3ccc(=O)[nH]n3)cn2)CCO1. The molecule has 8 nitrogen and oxygen atoms in total. The van der Waals surface area contributed by atoms with Crippen LogP contribution in [0.3, 0.4) is 0 Å². The zero-order valence-corrected chi connectivity index (χ0v) is 13.4. The monoisotopic (exact) mass is 329 g/mol. The van der Waals surface area contributed by atoms with Crippen LogP contribution in [0.4, 0.5) is 5.82 Å². The Morgan fingerprint density at radius 1 is 1.42 bits per heavy atom. The fourth-order valence-electron chi connectivity index (χ4n) is 2.48. The topological polar surface area (TPSA) is 100 Å². The first-order valence-corrected chi connectivity index (χ1v) is 7.77. The predicted molar refractivity (Wildman–Crippen MR) is 87.9 cm³/mol. The van der Waals surface area contributed by atoms with Gasteiger partial charge in [0, 0.05) is 31.9 Å². The van der Waals surface area contributed by atoms with Gasteiger partial charge in [0.25, 0.3) is 11.5 Å². The van der Waals surface area contributed by atoms with Crippen LogP contribution in [0.15, 0.2) is 35.3 Å². The molecule has 3 rings (SSSR count). The Morgan fingerprint density at radius 3 is 2.96 bits per heavy atom. The lowest BCUT2D eigenvalue weighted by molar-refractivity contribution is 0.0529. The van der Waals surface area contributed by atoms with Crippen molar-refractivity contribution in [1.82, 2.24) is 20.5 Å². The van der Waals surface area contributed by atoms with Crippen molar-refractivity contribution >= 4 is 11.7 Å². The van der Waals surface area contributed by atoms with Gasteiger partial charge in [-0.25, -0.2) is 10.1 Å². The van der Waals surface area contributed by atoms with Crippen LogP contribution in [0.1, 0.15) is 23.0 Å². The fourth-order valence-corrected chi connectivity index (χ4v) is 2.48. The molecule has 1 fully saturated rings. The van der Waals surface area contributed by atoms with Gasteiger partial charge >= 0.3 is 0 Å². The smallest absolute Gasteiger partial charge is 0.271 e. The van der Waals surface area contributed by atoms with E-state index >= 15 is 0 Å². The number of aromatic amines is 1. The summed E-state index contributed by atoms with van der Waals surface area (Å²) in [6.07, 6.45) is 1.94. The maximum Gasteiger partial charge on any atom is 0.271 e. The summed E-state index contributed by atoms with van der Waals surface area (Å²) in [6, 6.07) is 6.53. The molecular formula is C16H19N5O3. The Morgan fingerprint density at radius 2 is 2.29 bits per heavy atom. The van der Waals surface area contributed by atoms with Crippen molar-refractivity contribution in [3.8, 4) is 0 Å². The number of nitrogens with one attached hydrogen (secondary N) is 2. The molecule has 0 aromatic carbocycles. The van der Waals surface area contributed by atoms with Crippen LogP contribution >= 0.6 is 0 Å². The number of anilines is 1. The summed E-state index contributed by atoms with van der Waals surface area (Å²) in [5.74, 6) is 0.555. The normalized spacial score (nSPS) is 17.5. The zero-order chi connectivity index (χ0) is 16.9. The van der Waals surface area contributed by atoms with Crippen LogP contribution in [0, 0.1) is 0 Å². The first-order chi connectivity index (χ1) is 11.6.